The van der Waals surface area contributed by atoms with Gasteiger partial charge in [-0.1, -0.05) is 42.5 Å². The Morgan fingerprint density at radius 1 is 1.12 bits per heavy atom. The Labute approximate surface area is 193 Å². The molecule has 9 heteroatoms. The first-order chi connectivity index (χ1) is 15.9. The molecule has 0 radical (unpaired) electrons. The molecule has 2 aliphatic rings. The van der Waals surface area contributed by atoms with E-state index in [0.717, 1.165) is 12.8 Å². The fourth-order valence-corrected chi connectivity index (χ4v) is 5.51. The van der Waals surface area contributed by atoms with Gasteiger partial charge in [0, 0.05) is 12.1 Å². The number of fused-ring (bicyclic) bond motifs is 1. The van der Waals surface area contributed by atoms with Gasteiger partial charge in [-0.15, -0.1) is 0 Å². The highest BCUT2D eigenvalue weighted by Gasteiger charge is 2.32. The number of ether oxygens (including phenoxy) is 2. The maximum atomic E-state index is 12.8. The molecule has 0 saturated heterocycles. The number of amides is 1. The van der Waals surface area contributed by atoms with Crippen LogP contribution in [0.4, 0.5) is 0 Å². The van der Waals surface area contributed by atoms with Crippen LogP contribution in [0, 0.1) is 0 Å². The topological polar surface area (TPSA) is 114 Å². The Kier molecular flexibility index (Phi) is 7.14. The molecule has 0 spiro atoms. The molecular formula is C24H28N2O6S. The molecule has 0 unspecified atom stereocenters. The third-order valence-corrected chi connectivity index (χ3v) is 7.37. The SMILES string of the molecule is COc1cccc(S(=O)(=O)N[C@@H]2C=C[C@@H](CC(=O)NC3Cc4ccccc4C3)O[C@H]2CO)c1. The molecular weight excluding hydrogens is 444 g/mol. The summed E-state index contributed by atoms with van der Waals surface area (Å²) in [4.78, 5) is 12.6. The van der Waals surface area contributed by atoms with Crippen molar-refractivity contribution in [1.29, 1.82) is 0 Å². The van der Waals surface area contributed by atoms with Crippen LogP contribution >= 0.6 is 0 Å². The Hall–Kier alpha value is -2.72. The van der Waals surface area contributed by atoms with Crippen LogP contribution in [0.5, 0.6) is 5.75 Å². The van der Waals surface area contributed by atoms with Crippen molar-refractivity contribution in [2.75, 3.05) is 13.7 Å². The van der Waals surface area contributed by atoms with Crippen LogP contribution in [-0.4, -0.2) is 57.4 Å². The highest BCUT2D eigenvalue weighted by molar-refractivity contribution is 7.89. The zero-order valence-corrected chi connectivity index (χ0v) is 19.1. The van der Waals surface area contributed by atoms with Gasteiger partial charge in [0.25, 0.3) is 0 Å². The number of nitrogens with one attached hydrogen (secondary N) is 2. The molecule has 3 N–H and O–H groups in total. The highest BCUT2D eigenvalue weighted by Crippen LogP contribution is 2.23. The average Bonchev–Trinajstić information content (AvgIpc) is 3.22. The van der Waals surface area contributed by atoms with Gasteiger partial charge in [-0.25, -0.2) is 13.1 Å². The minimum Gasteiger partial charge on any atom is -0.497 e. The molecule has 1 aliphatic carbocycles. The predicted octanol–water partition coefficient (Wildman–Crippen LogP) is 1.33. The number of hydrogen-bond acceptors (Lipinski definition) is 6. The lowest BCUT2D eigenvalue weighted by Gasteiger charge is -2.31. The zero-order chi connectivity index (χ0) is 23.4. The second kappa shape index (κ2) is 10.0. The minimum absolute atomic E-state index is 0.0472. The van der Waals surface area contributed by atoms with Gasteiger partial charge >= 0.3 is 0 Å². The fourth-order valence-electron chi connectivity index (χ4n) is 4.26. The predicted molar refractivity (Wildman–Crippen MR) is 122 cm³/mol. The molecule has 4 rings (SSSR count). The largest absolute Gasteiger partial charge is 0.497 e. The number of hydrogen-bond donors (Lipinski definition) is 3. The zero-order valence-electron chi connectivity index (χ0n) is 18.3. The minimum atomic E-state index is -3.87. The van der Waals surface area contributed by atoms with E-state index in [1.807, 2.05) is 12.1 Å². The maximum Gasteiger partial charge on any atom is 0.241 e. The molecule has 1 aliphatic heterocycles. The average molecular weight is 473 g/mol. The first-order valence-electron chi connectivity index (χ1n) is 10.8. The van der Waals surface area contributed by atoms with Crippen LogP contribution in [0.15, 0.2) is 65.6 Å². The van der Waals surface area contributed by atoms with Crippen LogP contribution in [0.2, 0.25) is 0 Å². The second-order valence-electron chi connectivity index (χ2n) is 8.25. The third-order valence-electron chi connectivity index (χ3n) is 5.91. The summed E-state index contributed by atoms with van der Waals surface area (Å²) in [5.41, 5.74) is 2.51. The van der Waals surface area contributed by atoms with Crippen molar-refractivity contribution >= 4 is 15.9 Å². The lowest BCUT2D eigenvalue weighted by atomic mass is 10.1. The molecule has 8 nitrogen and oxygen atoms in total. The van der Waals surface area contributed by atoms with Crippen molar-refractivity contribution in [3.8, 4) is 5.75 Å². The number of sulfonamides is 1. The molecule has 176 valence electrons. The summed E-state index contributed by atoms with van der Waals surface area (Å²) in [6.45, 7) is -0.397. The van der Waals surface area contributed by atoms with Gasteiger partial charge in [0.2, 0.25) is 15.9 Å². The summed E-state index contributed by atoms with van der Waals surface area (Å²) in [6, 6.07) is 13.5. The number of carbonyl (C=O) groups is 1. The summed E-state index contributed by atoms with van der Waals surface area (Å²) >= 11 is 0. The fraction of sp³-hybridized carbons (Fsp3) is 0.375. The van der Waals surface area contributed by atoms with Crippen molar-refractivity contribution in [3.05, 3.63) is 71.8 Å². The molecule has 1 heterocycles. The lowest BCUT2D eigenvalue weighted by molar-refractivity contribution is -0.125. The monoisotopic (exact) mass is 472 g/mol. The Balaban J connectivity index is 1.35. The number of aliphatic hydroxyl groups excluding tert-OH is 1. The van der Waals surface area contributed by atoms with Crippen molar-refractivity contribution in [1.82, 2.24) is 10.0 Å². The summed E-state index contributed by atoms with van der Waals surface area (Å²) in [5.74, 6) is 0.276. The lowest BCUT2D eigenvalue weighted by Crippen LogP contribution is -2.49. The van der Waals surface area contributed by atoms with Crippen LogP contribution in [0.25, 0.3) is 0 Å². The number of aliphatic hydroxyl groups is 1. The van der Waals surface area contributed by atoms with E-state index in [9.17, 15) is 18.3 Å². The third kappa shape index (κ3) is 5.62. The molecule has 0 saturated carbocycles. The van der Waals surface area contributed by atoms with E-state index in [2.05, 4.69) is 22.2 Å². The molecule has 0 fully saturated rings. The number of methoxy groups -OCH3 is 1. The Morgan fingerprint density at radius 2 is 1.85 bits per heavy atom. The second-order valence-corrected chi connectivity index (χ2v) is 9.97. The molecule has 2 aromatic rings. The van der Waals surface area contributed by atoms with E-state index >= 15 is 0 Å². The Bertz CT molecular complexity index is 1110. The highest BCUT2D eigenvalue weighted by atomic mass is 32.2. The van der Waals surface area contributed by atoms with Gasteiger partial charge in [-0.05, 0) is 36.1 Å². The smallest absolute Gasteiger partial charge is 0.241 e. The molecule has 2 aromatic carbocycles. The van der Waals surface area contributed by atoms with Gasteiger partial charge in [0.05, 0.1) is 37.2 Å². The van der Waals surface area contributed by atoms with E-state index < -0.39 is 34.9 Å². The van der Waals surface area contributed by atoms with Gasteiger partial charge < -0.3 is 19.9 Å². The van der Waals surface area contributed by atoms with Gasteiger partial charge in [-0.2, -0.15) is 0 Å². The van der Waals surface area contributed by atoms with Crippen molar-refractivity contribution < 1.29 is 27.8 Å². The van der Waals surface area contributed by atoms with Crippen molar-refractivity contribution in [3.63, 3.8) is 0 Å². The van der Waals surface area contributed by atoms with Crippen molar-refractivity contribution in [2.45, 2.75) is 48.4 Å². The molecule has 33 heavy (non-hydrogen) atoms. The van der Waals surface area contributed by atoms with E-state index in [1.54, 1.807) is 24.3 Å². The standard InChI is InChI=1S/C24H28N2O6S/c1-31-19-7-4-8-21(13-19)33(29,30)26-22-10-9-20(32-23(22)15-27)14-24(28)25-18-11-16-5-2-3-6-17(16)12-18/h2-10,13,18,20,22-23,26-27H,11-12,14-15H2,1H3,(H,25,28)/t20-,22+,23-/m0/s1. The summed E-state index contributed by atoms with van der Waals surface area (Å²) in [7, 11) is -2.41. The van der Waals surface area contributed by atoms with Gasteiger partial charge in [-0.3, -0.25) is 4.79 Å². The summed E-state index contributed by atoms with van der Waals surface area (Å²) in [6.07, 6.45) is 3.62. The van der Waals surface area contributed by atoms with Crippen LogP contribution < -0.4 is 14.8 Å². The van der Waals surface area contributed by atoms with Crippen LogP contribution in [0.1, 0.15) is 17.5 Å². The molecule has 1 amide bonds. The van der Waals surface area contributed by atoms with E-state index in [-0.39, 0.29) is 23.3 Å². The molecule has 3 atom stereocenters. The van der Waals surface area contributed by atoms with Gasteiger partial charge in [0.15, 0.2) is 0 Å². The molecule has 0 aromatic heterocycles. The van der Waals surface area contributed by atoms with Gasteiger partial charge in [0.1, 0.15) is 11.9 Å². The maximum absolute atomic E-state index is 12.8. The Morgan fingerprint density at radius 3 is 2.52 bits per heavy atom. The van der Waals surface area contributed by atoms with E-state index in [1.165, 1.54) is 30.4 Å². The summed E-state index contributed by atoms with van der Waals surface area (Å²) in [5, 5.41) is 12.8. The number of benzene rings is 2. The quantitative estimate of drug-likeness (QED) is 0.500. The number of rotatable bonds is 8. The van der Waals surface area contributed by atoms with Crippen molar-refractivity contribution in [2.24, 2.45) is 0 Å². The first-order valence-corrected chi connectivity index (χ1v) is 12.3. The molecule has 0 bridgehead atoms. The first kappa shape index (κ1) is 23.4. The normalized spacial score (nSPS) is 22.7. The van der Waals surface area contributed by atoms with E-state index in [4.69, 9.17) is 9.47 Å². The van der Waals surface area contributed by atoms with E-state index in [0.29, 0.717) is 5.75 Å². The number of carbonyl (C=O) groups excluding carboxylic acids is 1. The van der Waals surface area contributed by atoms with Crippen LogP contribution in [0.3, 0.4) is 0 Å². The summed E-state index contributed by atoms with van der Waals surface area (Å²) < 4.78 is 39.0. The van der Waals surface area contributed by atoms with Crippen LogP contribution in [-0.2, 0) is 32.4 Å².